The molecule has 9 heteroatoms. The van der Waals surface area contributed by atoms with Crippen molar-refractivity contribution in [2.24, 2.45) is 28.6 Å². The lowest BCUT2D eigenvalue weighted by atomic mass is 9.45. The summed E-state index contributed by atoms with van der Waals surface area (Å²) in [5, 5.41) is 16.3. The normalized spacial score (nSPS) is 35.5. The standard InChI is InChI=1S/C32H38F2N2O4S/c1-4-27(38)40-32(29(39)41-14-13-33)12-11-24-23-10-5-20-15-25-19(18-35-36(25)22-8-6-21(34)7-9-22)16-30(20,2)28(23)26(37)17-31(24,32)3/h6-9,15,18,23-24,26,28,37H,4-5,10-14,16-17H2,1-3H3/t23-,24-,26-,28+,30-,31-,32-/m0/s1. The third-order valence-corrected chi connectivity index (χ3v) is 11.8. The van der Waals surface area contributed by atoms with Crippen LogP contribution in [0.5, 0.6) is 0 Å². The minimum Gasteiger partial charge on any atom is -0.449 e. The summed E-state index contributed by atoms with van der Waals surface area (Å²) >= 11 is 0.909. The van der Waals surface area contributed by atoms with Crippen molar-refractivity contribution in [3.63, 3.8) is 0 Å². The van der Waals surface area contributed by atoms with Gasteiger partial charge in [0.15, 0.2) is 5.60 Å². The average Bonchev–Trinajstić information content (AvgIpc) is 3.48. The van der Waals surface area contributed by atoms with Crippen molar-refractivity contribution < 1.29 is 28.2 Å². The number of hydrogen-bond acceptors (Lipinski definition) is 6. The lowest BCUT2D eigenvalue weighted by Crippen LogP contribution is -2.62. The number of alkyl halides is 1. The average molecular weight is 585 g/mol. The first-order chi connectivity index (χ1) is 19.6. The highest BCUT2D eigenvalue weighted by molar-refractivity contribution is 8.13. The molecule has 0 unspecified atom stereocenters. The van der Waals surface area contributed by atoms with E-state index in [2.05, 4.69) is 18.1 Å². The van der Waals surface area contributed by atoms with E-state index in [0.717, 1.165) is 54.4 Å². The Morgan fingerprint density at radius 2 is 1.98 bits per heavy atom. The maximum atomic E-state index is 13.7. The van der Waals surface area contributed by atoms with Crippen LogP contribution in [0.3, 0.4) is 0 Å². The van der Waals surface area contributed by atoms with Crippen molar-refractivity contribution >= 4 is 28.9 Å². The van der Waals surface area contributed by atoms with Gasteiger partial charge in [-0.05, 0) is 97.6 Å². The molecular formula is C32H38F2N2O4S. The molecule has 0 saturated heterocycles. The topological polar surface area (TPSA) is 81.4 Å². The van der Waals surface area contributed by atoms with Crippen molar-refractivity contribution in [3.05, 3.63) is 53.1 Å². The molecule has 1 aromatic heterocycles. The molecule has 3 saturated carbocycles. The number of aliphatic hydroxyl groups excluding tert-OH is 1. The summed E-state index contributed by atoms with van der Waals surface area (Å²) < 4.78 is 34.5. The van der Waals surface area contributed by atoms with Crippen molar-refractivity contribution in [3.8, 4) is 5.69 Å². The second-order valence-corrected chi connectivity index (χ2v) is 13.8. The van der Waals surface area contributed by atoms with Gasteiger partial charge >= 0.3 is 5.97 Å². The van der Waals surface area contributed by atoms with E-state index in [0.29, 0.717) is 12.8 Å². The van der Waals surface area contributed by atoms with Crippen LogP contribution in [0.25, 0.3) is 11.8 Å². The van der Waals surface area contributed by atoms with Crippen LogP contribution in [-0.4, -0.2) is 50.1 Å². The van der Waals surface area contributed by atoms with Gasteiger partial charge in [-0.3, -0.25) is 14.0 Å². The van der Waals surface area contributed by atoms with Crippen LogP contribution in [0, 0.1) is 34.4 Å². The zero-order valence-corrected chi connectivity index (χ0v) is 24.7. The fourth-order valence-electron chi connectivity index (χ4n) is 9.02. The van der Waals surface area contributed by atoms with E-state index in [9.17, 15) is 23.5 Å². The SMILES string of the molecule is CCC(=O)O[C@]1(C(=O)SCCF)CC[C@H]2[C@@H]3CCC4=Cc5c(cnn5-c5ccc(F)cc5)C[C@]4(C)[C@H]3[C@@H](O)C[C@@]21C. The Hall–Kier alpha value is -2.52. The molecule has 1 N–H and O–H groups in total. The van der Waals surface area contributed by atoms with Gasteiger partial charge in [0.2, 0.25) is 5.12 Å². The molecule has 0 radical (unpaired) electrons. The molecule has 0 amide bonds. The van der Waals surface area contributed by atoms with E-state index in [4.69, 9.17) is 4.74 Å². The number of nitrogens with zero attached hydrogens (tertiary/aromatic N) is 2. The van der Waals surface area contributed by atoms with Gasteiger partial charge in [-0.15, -0.1) is 0 Å². The Bertz CT molecular complexity index is 1390. The number of esters is 1. The van der Waals surface area contributed by atoms with E-state index in [-0.39, 0.29) is 46.3 Å². The Morgan fingerprint density at radius 3 is 2.68 bits per heavy atom. The van der Waals surface area contributed by atoms with Gasteiger partial charge in [-0.2, -0.15) is 5.10 Å². The largest absolute Gasteiger partial charge is 0.449 e. The second kappa shape index (κ2) is 10.3. The third-order valence-electron chi connectivity index (χ3n) is 10.8. The molecule has 0 spiro atoms. The summed E-state index contributed by atoms with van der Waals surface area (Å²) in [5.74, 6) is -0.469. The maximum absolute atomic E-state index is 13.7. The summed E-state index contributed by atoms with van der Waals surface area (Å²) in [6.45, 7) is 5.34. The van der Waals surface area contributed by atoms with Gasteiger partial charge in [0.25, 0.3) is 0 Å². The molecule has 41 heavy (non-hydrogen) atoms. The maximum Gasteiger partial charge on any atom is 0.306 e. The second-order valence-electron chi connectivity index (χ2n) is 12.7. The highest BCUT2D eigenvalue weighted by Crippen LogP contribution is 2.68. The number of allylic oxidation sites excluding steroid dienone is 1. The summed E-state index contributed by atoms with van der Waals surface area (Å²) in [4.78, 5) is 26.3. The van der Waals surface area contributed by atoms with Crippen molar-refractivity contribution in [2.75, 3.05) is 12.4 Å². The van der Waals surface area contributed by atoms with E-state index >= 15 is 0 Å². The zero-order valence-electron chi connectivity index (χ0n) is 23.9. The highest BCUT2D eigenvalue weighted by atomic mass is 32.2. The van der Waals surface area contributed by atoms with Crippen LogP contribution in [0.15, 0.2) is 36.0 Å². The number of aromatic nitrogens is 2. The summed E-state index contributed by atoms with van der Waals surface area (Å²) in [6, 6.07) is 6.32. The van der Waals surface area contributed by atoms with Crippen LogP contribution < -0.4 is 0 Å². The summed E-state index contributed by atoms with van der Waals surface area (Å²) in [5.41, 5.74) is 1.80. The van der Waals surface area contributed by atoms with Crippen LogP contribution in [-0.2, 0) is 20.7 Å². The molecule has 1 heterocycles. The number of benzene rings is 1. The Balaban J connectivity index is 1.34. The number of halogens is 2. The number of ether oxygens (including phenoxy) is 1. The fraction of sp³-hybridized carbons (Fsp3) is 0.594. The number of thioether (sulfide) groups is 1. The molecule has 4 aliphatic carbocycles. The Kier molecular flexibility index (Phi) is 7.21. The van der Waals surface area contributed by atoms with Gasteiger partial charge in [0, 0.05) is 17.6 Å². The molecule has 0 bridgehead atoms. The molecule has 220 valence electrons. The molecule has 2 aromatic rings. The van der Waals surface area contributed by atoms with E-state index in [1.165, 1.54) is 17.7 Å². The third kappa shape index (κ3) is 4.24. The minimum absolute atomic E-state index is 0.0193. The number of carbonyl (C=O) groups excluding carboxylic acids is 2. The first kappa shape index (κ1) is 28.6. The van der Waals surface area contributed by atoms with Crippen molar-refractivity contribution in [2.45, 2.75) is 77.4 Å². The van der Waals surface area contributed by atoms with Gasteiger partial charge in [0.1, 0.15) is 5.82 Å². The smallest absolute Gasteiger partial charge is 0.306 e. The van der Waals surface area contributed by atoms with Crippen LogP contribution in [0.2, 0.25) is 0 Å². The predicted octanol–water partition coefficient (Wildman–Crippen LogP) is 6.09. The van der Waals surface area contributed by atoms with Gasteiger partial charge in [-0.1, -0.05) is 38.1 Å². The minimum atomic E-state index is -1.36. The molecule has 4 aliphatic rings. The molecule has 6 rings (SSSR count). The molecule has 6 nitrogen and oxygen atoms in total. The Morgan fingerprint density at radius 1 is 1.22 bits per heavy atom. The van der Waals surface area contributed by atoms with Crippen molar-refractivity contribution in [1.29, 1.82) is 0 Å². The highest BCUT2D eigenvalue weighted by Gasteiger charge is 2.70. The zero-order chi connectivity index (χ0) is 29.2. The van der Waals surface area contributed by atoms with Crippen LogP contribution in [0.1, 0.15) is 70.6 Å². The first-order valence-corrected chi connectivity index (χ1v) is 15.7. The van der Waals surface area contributed by atoms with Gasteiger partial charge < -0.3 is 9.84 Å². The lowest BCUT2D eigenvalue weighted by Gasteiger charge is -2.60. The number of rotatable bonds is 6. The quantitative estimate of drug-likeness (QED) is 0.414. The van der Waals surface area contributed by atoms with E-state index in [1.54, 1.807) is 19.1 Å². The van der Waals surface area contributed by atoms with E-state index in [1.807, 2.05) is 17.8 Å². The van der Waals surface area contributed by atoms with Crippen LogP contribution >= 0.6 is 11.8 Å². The van der Waals surface area contributed by atoms with E-state index < -0.39 is 29.8 Å². The fourth-order valence-corrected chi connectivity index (χ4v) is 9.89. The molecule has 1 aromatic carbocycles. The Labute approximate surface area is 243 Å². The van der Waals surface area contributed by atoms with Gasteiger partial charge in [0.05, 0.1) is 30.4 Å². The molecule has 0 aliphatic heterocycles. The predicted molar refractivity (Wildman–Crippen MR) is 154 cm³/mol. The number of aliphatic hydroxyl groups is 1. The summed E-state index contributed by atoms with van der Waals surface area (Å²) in [6.07, 6.45) is 7.49. The van der Waals surface area contributed by atoms with Gasteiger partial charge in [-0.25, -0.2) is 9.07 Å². The lowest BCUT2D eigenvalue weighted by molar-refractivity contribution is -0.196. The first-order valence-electron chi connectivity index (χ1n) is 14.7. The molecular weight excluding hydrogens is 546 g/mol. The van der Waals surface area contributed by atoms with Crippen molar-refractivity contribution in [1.82, 2.24) is 9.78 Å². The molecule has 3 fully saturated rings. The van der Waals surface area contributed by atoms with Crippen LogP contribution in [0.4, 0.5) is 8.78 Å². The number of hydrogen-bond donors (Lipinski definition) is 1. The molecule has 7 atom stereocenters. The number of fused-ring (bicyclic) bond motifs is 6. The number of carbonyl (C=O) groups is 2. The monoisotopic (exact) mass is 584 g/mol. The summed E-state index contributed by atoms with van der Waals surface area (Å²) in [7, 11) is 0.